The van der Waals surface area contributed by atoms with Gasteiger partial charge in [-0.25, -0.2) is 9.59 Å². The molecule has 2 aliphatic rings. The Bertz CT molecular complexity index is 1100. The minimum absolute atomic E-state index is 0.257. The molecule has 0 saturated carbocycles. The van der Waals surface area contributed by atoms with Crippen LogP contribution in [0.5, 0.6) is 0 Å². The zero-order valence-corrected chi connectivity index (χ0v) is 17.0. The summed E-state index contributed by atoms with van der Waals surface area (Å²) in [6.45, 7) is 1.16. The molecule has 1 fully saturated rings. The van der Waals surface area contributed by atoms with Crippen LogP contribution in [0.4, 0.5) is 4.79 Å². The summed E-state index contributed by atoms with van der Waals surface area (Å²) in [6.07, 6.45) is 1.90. The van der Waals surface area contributed by atoms with Crippen LogP contribution in [0.15, 0.2) is 66.9 Å². The summed E-state index contributed by atoms with van der Waals surface area (Å²) < 4.78 is 6.80. The minimum Gasteiger partial charge on any atom is -0.467 e. The molecule has 0 aliphatic carbocycles. The Hall–Kier alpha value is -3.65. The average Bonchev–Trinajstić information content (AvgIpc) is 3.34. The van der Waals surface area contributed by atoms with Crippen LogP contribution in [-0.2, 0) is 27.5 Å². The van der Waals surface area contributed by atoms with Crippen LogP contribution in [-0.4, -0.2) is 45.4 Å². The first-order valence-corrected chi connectivity index (χ1v) is 10.1. The summed E-state index contributed by atoms with van der Waals surface area (Å²) in [5.41, 5.74) is 3.40. The predicted molar refractivity (Wildman–Crippen MR) is 110 cm³/mol. The molecule has 3 aromatic rings. The molecule has 8 heteroatoms. The highest BCUT2D eigenvalue weighted by Crippen LogP contribution is 2.44. The van der Waals surface area contributed by atoms with Crippen LogP contribution in [0.2, 0.25) is 0 Å². The van der Waals surface area contributed by atoms with Crippen molar-refractivity contribution < 1.29 is 19.2 Å². The quantitative estimate of drug-likeness (QED) is 0.575. The zero-order valence-electron chi connectivity index (χ0n) is 17.0. The molecule has 1 aromatic heterocycles. The molecule has 0 spiro atoms. The Kier molecular flexibility index (Phi) is 4.91. The first kappa shape index (κ1) is 19.3. The summed E-state index contributed by atoms with van der Waals surface area (Å²) in [5.74, 6) is -0.511. The summed E-state index contributed by atoms with van der Waals surface area (Å²) in [5, 5.41) is 6.03. The number of aromatic nitrogens is 2. The molecule has 5 rings (SSSR count). The van der Waals surface area contributed by atoms with Crippen molar-refractivity contribution >= 4 is 12.0 Å². The molecule has 0 radical (unpaired) electrons. The van der Waals surface area contributed by atoms with Gasteiger partial charge >= 0.3 is 12.0 Å². The molecule has 158 valence electrons. The Morgan fingerprint density at radius 3 is 2.42 bits per heavy atom. The molecule has 8 nitrogen and oxygen atoms in total. The molecule has 2 aromatic carbocycles. The average molecular weight is 418 g/mol. The van der Waals surface area contributed by atoms with E-state index in [1.54, 1.807) is 4.68 Å². The third-order valence-electron chi connectivity index (χ3n) is 5.66. The largest absolute Gasteiger partial charge is 0.467 e. The van der Waals surface area contributed by atoms with Crippen LogP contribution >= 0.6 is 0 Å². The number of esters is 1. The van der Waals surface area contributed by atoms with Gasteiger partial charge in [-0.05, 0) is 11.1 Å². The van der Waals surface area contributed by atoms with E-state index in [-0.39, 0.29) is 18.7 Å². The molecule has 31 heavy (non-hydrogen) atoms. The molecule has 2 bridgehead atoms. The van der Waals surface area contributed by atoms with Crippen LogP contribution < -0.4 is 0 Å². The lowest BCUT2D eigenvalue weighted by molar-refractivity contribution is -0.146. The second kappa shape index (κ2) is 7.88. The molecule has 2 aliphatic heterocycles. The van der Waals surface area contributed by atoms with E-state index < -0.39 is 12.0 Å². The summed E-state index contributed by atoms with van der Waals surface area (Å²) >= 11 is 0. The Morgan fingerprint density at radius 1 is 1.06 bits per heavy atom. The second-order valence-corrected chi connectivity index (χ2v) is 7.61. The van der Waals surface area contributed by atoms with E-state index >= 15 is 0 Å². The van der Waals surface area contributed by atoms with Gasteiger partial charge in [-0.2, -0.15) is 10.2 Å². The number of nitrogens with zero attached hydrogens (tertiary/aromatic N) is 4. The zero-order chi connectivity index (χ0) is 21.4. The fourth-order valence-electron chi connectivity index (χ4n) is 4.17. The number of urea groups is 1. The van der Waals surface area contributed by atoms with E-state index in [0.29, 0.717) is 18.8 Å². The van der Waals surface area contributed by atoms with Crippen molar-refractivity contribution in [1.82, 2.24) is 19.7 Å². The summed E-state index contributed by atoms with van der Waals surface area (Å²) in [6, 6.07) is 18.0. The lowest BCUT2D eigenvalue weighted by Crippen LogP contribution is -2.39. The second-order valence-electron chi connectivity index (χ2n) is 7.61. The van der Waals surface area contributed by atoms with E-state index in [0.717, 1.165) is 16.7 Å². The van der Waals surface area contributed by atoms with Crippen molar-refractivity contribution in [3.05, 3.63) is 89.2 Å². The van der Waals surface area contributed by atoms with Crippen LogP contribution in [0.3, 0.4) is 0 Å². The van der Waals surface area contributed by atoms with Gasteiger partial charge in [0.15, 0.2) is 6.04 Å². The molecule has 1 saturated heterocycles. The molecule has 2 amide bonds. The number of rotatable bonds is 6. The first-order chi connectivity index (χ1) is 15.2. The summed E-state index contributed by atoms with van der Waals surface area (Å²) in [4.78, 5) is 33.0. The maximum absolute atomic E-state index is 13.1. The van der Waals surface area contributed by atoms with Crippen LogP contribution in [0.1, 0.15) is 34.5 Å². The van der Waals surface area contributed by atoms with E-state index in [1.165, 1.54) is 17.1 Å². The molecular weight excluding hydrogens is 396 g/mol. The van der Waals surface area contributed by atoms with Gasteiger partial charge in [0, 0.05) is 11.8 Å². The van der Waals surface area contributed by atoms with Gasteiger partial charge in [0.25, 0.3) is 0 Å². The van der Waals surface area contributed by atoms with Crippen molar-refractivity contribution in [3.8, 4) is 0 Å². The third-order valence-corrected chi connectivity index (χ3v) is 5.66. The number of carbonyl (C=O) groups excluding carboxylic acids is 2. The molecule has 3 heterocycles. The number of amides is 2. The van der Waals surface area contributed by atoms with Gasteiger partial charge in [0.2, 0.25) is 0 Å². The highest BCUT2D eigenvalue weighted by atomic mass is 16.7. The van der Waals surface area contributed by atoms with Gasteiger partial charge in [-0.3, -0.25) is 9.52 Å². The SMILES string of the molecule is COC(=O)C1c2nn(Cc3ccccc3)cc2[C@H]2CN1C(=O)N2OCc1ccccc1. The molecule has 1 unspecified atom stereocenters. The Balaban J connectivity index is 1.46. The van der Waals surface area contributed by atoms with Gasteiger partial charge in [-0.15, -0.1) is 0 Å². The minimum atomic E-state index is -0.883. The monoisotopic (exact) mass is 418 g/mol. The maximum Gasteiger partial charge on any atom is 0.345 e. The summed E-state index contributed by atoms with van der Waals surface area (Å²) in [7, 11) is 1.32. The molecule has 2 atom stereocenters. The smallest absolute Gasteiger partial charge is 0.345 e. The first-order valence-electron chi connectivity index (χ1n) is 10.1. The fraction of sp³-hybridized carbons (Fsp3) is 0.261. The predicted octanol–water partition coefficient (Wildman–Crippen LogP) is 3.07. The number of ether oxygens (including phenoxy) is 1. The normalized spacial score (nSPS) is 19.5. The Morgan fingerprint density at radius 2 is 1.74 bits per heavy atom. The highest BCUT2D eigenvalue weighted by molar-refractivity contribution is 5.87. The highest BCUT2D eigenvalue weighted by Gasteiger charge is 2.53. The number of hydrogen-bond acceptors (Lipinski definition) is 5. The van der Waals surface area contributed by atoms with Gasteiger partial charge in [0.1, 0.15) is 18.3 Å². The van der Waals surface area contributed by atoms with Crippen molar-refractivity contribution in [2.75, 3.05) is 13.7 Å². The van der Waals surface area contributed by atoms with Crippen molar-refractivity contribution in [2.24, 2.45) is 0 Å². The van der Waals surface area contributed by atoms with E-state index in [2.05, 4.69) is 5.10 Å². The molecule has 0 N–H and O–H groups in total. The van der Waals surface area contributed by atoms with E-state index in [9.17, 15) is 9.59 Å². The third kappa shape index (κ3) is 3.44. The van der Waals surface area contributed by atoms with Gasteiger partial charge in [0.05, 0.1) is 20.2 Å². The maximum atomic E-state index is 13.1. The van der Waals surface area contributed by atoms with Crippen LogP contribution in [0, 0.1) is 0 Å². The Labute approximate surface area is 179 Å². The number of methoxy groups -OCH3 is 1. The number of benzene rings is 2. The lowest BCUT2D eigenvalue weighted by Gasteiger charge is -2.27. The number of fused-ring (bicyclic) bond motifs is 4. The van der Waals surface area contributed by atoms with Crippen molar-refractivity contribution in [2.45, 2.75) is 25.2 Å². The molecular formula is C23H22N4O4. The number of hydroxylamine groups is 2. The van der Waals surface area contributed by atoms with Gasteiger partial charge < -0.3 is 9.64 Å². The van der Waals surface area contributed by atoms with E-state index in [4.69, 9.17) is 9.57 Å². The number of hydrogen-bond donors (Lipinski definition) is 0. The van der Waals surface area contributed by atoms with Crippen molar-refractivity contribution in [1.29, 1.82) is 0 Å². The topological polar surface area (TPSA) is 76.9 Å². The van der Waals surface area contributed by atoms with Gasteiger partial charge in [-0.1, -0.05) is 60.7 Å². The van der Waals surface area contributed by atoms with Crippen LogP contribution in [0.25, 0.3) is 0 Å². The van der Waals surface area contributed by atoms with E-state index in [1.807, 2.05) is 66.9 Å². The number of carbonyl (C=O) groups is 2. The lowest BCUT2D eigenvalue weighted by atomic mass is 9.98. The van der Waals surface area contributed by atoms with Crippen molar-refractivity contribution in [3.63, 3.8) is 0 Å². The standard InChI is InChI=1S/C23H22N4O4/c1-30-22(28)21-20-18(13-25(24-20)12-16-8-4-2-5-9-16)19-14-26(21)23(29)27(19)31-15-17-10-6-3-7-11-17/h2-11,13,19,21H,12,14-15H2,1H3/t19-,21?/m1/s1. The fourth-order valence-corrected chi connectivity index (χ4v) is 4.17.